The average Bonchev–Trinajstić information content (AvgIpc) is 2.22. The van der Waals surface area contributed by atoms with Gasteiger partial charge in [-0.3, -0.25) is 9.59 Å². The quantitative estimate of drug-likeness (QED) is 0.464. The number of carboxylic acids is 1. The molecule has 16 heavy (non-hydrogen) atoms. The molecule has 0 rings (SSSR count). The second-order valence-electron chi connectivity index (χ2n) is 4.58. The van der Waals surface area contributed by atoms with Crippen LogP contribution in [-0.2, 0) is 9.59 Å². The fourth-order valence-corrected chi connectivity index (χ4v) is 0.923. The largest absolute Gasteiger partial charge is 0.481 e. The van der Waals surface area contributed by atoms with E-state index >= 15 is 0 Å². The second-order valence-corrected chi connectivity index (χ2v) is 4.58. The zero-order valence-corrected chi connectivity index (χ0v) is 9.69. The molecule has 1 amide bonds. The summed E-state index contributed by atoms with van der Waals surface area (Å²) >= 11 is 0. The average molecular weight is 232 g/mol. The predicted molar refractivity (Wildman–Crippen MR) is 58.7 cm³/mol. The van der Waals surface area contributed by atoms with Crippen LogP contribution in [0, 0.1) is 5.41 Å². The van der Waals surface area contributed by atoms with E-state index in [1.54, 1.807) is 13.8 Å². The molecule has 6 nitrogen and oxygen atoms in total. The van der Waals surface area contributed by atoms with Gasteiger partial charge in [-0.1, -0.05) is 13.8 Å². The lowest BCUT2D eigenvalue weighted by Crippen LogP contribution is -2.45. The van der Waals surface area contributed by atoms with E-state index in [4.69, 9.17) is 15.9 Å². The van der Waals surface area contributed by atoms with Crippen LogP contribution in [0.1, 0.15) is 26.7 Å². The van der Waals surface area contributed by atoms with Gasteiger partial charge in [0.25, 0.3) is 0 Å². The summed E-state index contributed by atoms with van der Waals surface area (Å²) in [6.45, 7) is 3.87. The fraction of sp³-hybridized carbons (Fsp3) is 0.800. The maximum atomic E-state index is 11.4. The smallest absolute Gasteiger partial charge is 0.303 e. The van der Waals surface area contributed by atoms with Crippen molar-refractivity contribution >= 4 is 11.9 Å². The van der Waals surface area contributed by atoms with Crippen molar-refractivity contribution in [3.8, 4) is 0 Å². The summed E-state index contributed by atoms with van der Waals surface area (Å²) in [7, 11) is 0. The predicted octanol–water partition coefficient (Wildman–Crippen LogP) is -0.687. The van der Waals surface area contributed by atoms with Crippen molar-refractivity contribution in [1.82, 2.24) is 5.32 Å². The Bertz CT molecular complexity index is 253. The number of carbonyl (C=O) groups is 2. The molecule has 94 valence electrons. The van der Waals surface area contributed by atoms with Crippen LogP contribution < -0.4 is 11.1 Å². The number of aliphatic hydroxyl groups excluding tert-OH is 1. The highest BCUT2D eigenvalue weighted by molar-refractivity contribution is 5.82. The van der Waals surface area contributed by atoms with Crippen molar-refractivity contribution in [3.05, 3.63) is 0 Å². The molecule has 0 saturated heterocycles. The van der Waals surface area contributed by atoms with Gasteiger partial charge in [0.15, 0.2) is 0 Å². The molecule has 0 bridgehead atoms. The lowest BCUT2D eigenvalue weighted by molar-refractivity contribution is -0.137. The maximum Gasteiger partial charge on any atom is 0.303 e. The summed E-state index contributed by atoms with van der Waals surface area (Å²) in [4.78, 5) is 21.7. The standard InChI is InChI=1S/C10H20N2O4/c1-10(2,6-13)5-12-9(16)7(11)3-4-8(14)15/h7,13H,3-6,11H2,1-2H3,(H,12,16)(H,14,15). The summed E-state index contributed by atoms with van der Waals surface area (Å²) in [5.74, 6) is -1.36. The Morgan fingerprint density at radius 1 is 1.44 bits per heavy atom. The number of amides is 1. The number of rotatable bonds is 7. The first-order chi connectivity index (χ1) is 7.28. The van der Waals surface area contributed by atoms with Gasteiger partial charge >= 0.3 is 5.97 Å². The SMILES string of the molecule is CC(C)(CO)CNC(=O)C(N)CCC(=O)O. The van der Waals surface area contributed by atoms with Gasteiger partial charge in [0.05, 0.1) is 6.04 Å². The number of carboxylic acid groups (broad SMARTS) is 1. The second kappa shape index (κ2) is 6.44. The Morgan fingerprint density at radius 2 is 2.00 bits per heavy atom. The summed E-state index contributed by atoms with van der Waals surface area (Å²) in [5, 5.41) is 20.0. The van der Waals surface area contributed by atoms with E-state index in [-0.39, 0.29) is 25.4 Å². The van der Waals surface area contributed by atoms with Crippen LogP contribution in [0.15, 0.2) is 0 Å². The zero-order chi connectivity index (χ0) is 12.8. The van der Waals surface area contributed by atoms with Gasteiger partial charge in [-0.25, -0.2) is 0 Å². The van der Waals surface area contributed by atoms with E-state index in [0.717, 1.165) is 0 Å². The minimum atomic E-state index is -0.973. The summed E-state index contributed by atoms with van der Waals surface area (Å²) < 4.78 is 0. The molecule has 6 heteroatoms. The minimum Gasteiger partial charge on any atom is -0.481 e. The van der Waals surface area contributed by atoms with Crippen molar-refractivity contribution < 1.29 is 19.8 Å². The third kappa shape index (κ3) is 6.36. The molecule has 5 N–H and O–H groups in total. The summed E-state index contributed by atoms with van der Waals surface area (Å²) in [5.41, 5.74) is 5.10. The monoisotopic (exact) mass is 232 g/mol. The molecule has 0 saturated carbocycles. The number of hydrogen-bond donors (Lipinski definition) is 4. The molecule has 0 aromatic carbocycles. The highest BCUT2D eigenvalue weighted by Crippen LogP contribution is 2.11. The van der Waals surface area contributed by atoms with Crippen LogP contribution in [0.4, 0.5) is 0 Å². The molecule has 0 spiro atoms. The highest BCUT2D eigenvalue weighted by atomic mass is 16.4. The van der Waals surface area contributed by atoms with Crippen molar-refractivity contribution in [2.75, 3.05) is 13.2 Å². The first-order valence-corrected chi connectivity index (χ1v) is 5.14. The Labute approximate surface area is 94.8 Å². The van der Waals surface area contributed by atoms with Gasteiger partial charge in [-0.2, -0.15) is 0 Å². The van der Waals surface area contributed by atoms with E-state index in [0.29, 0.717) is 6.54 Å². The van der Waals surface area contributed by atoms with Gasteiger partial charge < -0.3 is 21.3 Å². The zero-order valence-electron chi connectivity index (χ0n) is 9.69. The third-order valence-electron chi connectivity index (χ3n) is 2.18. The van der Waals surface area contributed by atoms with Crippen molar-refractivity contribution in [3.63, 3.8) is 0 Å². The first kappa shape index (κ1) is 14.9. The topological polar surface area (TPSA) is 113 Å². The lowest BCUT2D eigenvalue weighted by Gasteiger charge is -2.22. The molecule has 0 aromatic rings. The summed E-state index contributed by atoms with van der Waals surface area (Å²) in [6, 6.07) is -0.814. The van der Waals surface area contributed by atoms with E-state index in [1.165, 1.54) is 0 Å². The van der Waals surface area contributed by atoms with Crippen LogP contribution in [0.3, 0.4) is 0 Å². The molecule has 1 unspecified atom stereocenters. The van der Waals surface area contributed by atoms with Gasteiger partial charge in [0, 0.05) is 25.0 Å². The van der Waals surface area contributed by atoms with Crippen LogP contribution in [0.2, 0.25) is 0 Å². The van der Waals surface area contributed by atoms with E-state index in [2.05, 4.69) is 5.32 Å². The minimum absolute atomic E-state index is 0.0440. The molecular formula is C10H20N2O4. The van der Waals surface area contributed by atoms with Gasteiger partial charge in [-0.05, 0) is 6.42 Å². The molecular weight excluding hydrogens is 212 g/mol. The Hall–Kier alpha value is -1.14. The van der Waals surface area contributed by atoms with E-state index in [9.17, 15) is 9.59 Å². The van der Waals surface area contributed by atoms with Crippen LogP contribution in [-0.4, -0.2) is 41.3 Å². The van der Waals surface area contributed by atoms with Crippen LogP contribution in [0.5, 0.6) is 0 Å². The van der Waals surface area contributed by atoms with Gasteiger partial charge in [-0.15, -0.1) is 0 Å². The van der Waals surface area contributed by atoms with Crippen LogP contribution >= 0.6 is 0 Å². The van der Waals surface area contributed by atoms with Crippen LogP contribution in [0.25, 0.3) is 0 Å². The normalized spacial score (nSPS) is 13.2. The van der Waals surface area contributed by atoms with Crippen molar-refractivity contribution in [1.29, 1.82) is 0 Å². The molecule has 0 aliphatic heterocycles. The molecule has 0 aliphatic carbocycles. The Morgan fingerprint density at radius 3 is 2.44 bits per heavy atom. The molecule has 0 radical (unpaired) electrons. The number of carbonyl (C=O) groups excluding carboxylic acids is 1. The van der Waals surface area contributed by atoms with Crippen molar-refractivity contribution in [2.45, 2.75) is 32.7 Å². The molecule has 0 heterocycles. The van der Waals surface area contributed by atoms with E-state index < -0.39 is 17.4 Å². The Kier molecular flexibility index (Phi) is 5.98. The first-order valence-electron chi connectivity index (χ1n) is 5.14. The number of aliphatic hydroxyl groups is 1. The fourth-order valence-electron chi connectivity index (χ4n) is 0.923. The number of hydrogen-bond acceptors (Lipinski definition) is 4. The number of aliphatic carboxylic acids is 1. The molecule has 0 aliphatic rings. The molecule has 0 aromatic heterocycles. The lowest BCUT2D eigenvalue weighted by atomic mass is 9.95. The maximum absolute atomic E-state index is 11.4. The van der Waals surface area contributed by atoms with E-state index in [1.807, 2.05) is 0 Å². The number of nitrogens with two attached hydrogens (primary N) is 1. The molecule has 0 fully saturated rings. The van der Waals surface area contributed by atoms with Gasteiger partial charge in [0.2, 0.25) is 5.91 Å². The Balaban J connectivity index is 3.92. The highest BCUT2D eigenvalue weighted by Gasteiger charge is 2.20. The summed E-state index contributed by atoms with van der Waals surface area (Å²) in [6.07, 6.45) is -0.0152. The van der Waals surface area contributed by atoms with Gasteiger partial charge in [0.1, 0.15) is 0 Å². The number of nitrogens with one attached hydrogen (secondary N) is 1. The third-order valence-corrected chi connectivity index (χ3v) is 2.18. The van der Waals surface area contributed by atoms with Crippen molar-refractivity contribution in [2.24, 2.45) is 11.1 Å². The molecule has 1 atom stereocenters.